The predicted molar refractivity (Wildman–Crippen MR) is 315 cm³/mol. The Labute approximate surface area is 448 Å². The molecule has 0 saturated carbocycles. The molecule has 0 bridgehead atoms. The second-order valence-corrected chi connectivity index (χ2v) is 18.8. The van der Waals surface area contributed by atoms with Crippen molar-refractivity contribution in [2.24, 2.45) is 0 Å². The zero-order valence-corrected chi connectivity index (χ0v) is 46.8. The van der Waals surface area contributed by atoms with Crippen LogP contribution in [0.1, 0.15) is 239 Å². The number of ether oxygens (including phenoxy) is 3. The first-order chi connectivity index (χ1) is 36.0. The molecule has 1 unspecified atom stereocenters. The molecular formula is C67H106O6. The number of hydrogen-bond acceptors (Lipinski definition) is 6. The minimum atomic E-state index is -0.841. The van der Waals surface area contributed by atoms with Gasteiger partial charge in [-0.1, -0.05) is 263 Å². The zero-order valence-electron chi connectivity index (χ0n) is 46.8. The lowest BCUT2D eigenvalue weighted by Gasteiger charge is -2.18. The van der Waals surface area contributed by atoms with Gasteiger partial charge in [0.25, 0.3) is 0 Å². The van der Waals surface area contributed by atoms with Crippen molar-refractivity contribution in [2.75, 3.05) is 13.2 Å². The van der Waals surface area contributed by atoms with Gasteiger partial charge in [-0.2, -0.15) is 0 Å². The third-order valence-corrected chi connectivity index (χ3v) is 11.9. The summed E-state index contributed by atoms with van der Waals surface area (Å²) in [5.41, 5.74) is 0. The molecule has 0 aromatic heterocycles. The predicted octanol–water partition coefficient (Wildman–Crippen LogP) is 20.0. The largest absolute Gasteiger partial charge is 0.462 e. The monoisotopic (exact) mass is 1010 g/mol. The van der Waals surface area contributed by atoms with Crippen molar-refractivity contribution in [1.29, 1.82) is 0 Å². The standard InChI is InChI=1S/C67H106O6/c1-4-7-10-13-16-19-22-24-26-27-28-29-30-31-32-33-34-35-36-37-38-39-41-42-45-48-51-54-57-60-66(69)72-63-64(62-71-65(68)59-56-53-50-47-44-21-18-15-12-9-6-3)73-67(70)61-58-55-52-49-46-43-40-25-23-20-17-14-11-8-5-2/h7-8,10-11,16-17,19-20,24-26,28-29,31-32,34-35,37-38,40,46,49,55,58,64H,4-6,9,12-15,18,21-23,27,30,33,36,39,41-45,47-48,50-54,56-57,59-63H2,1-3H3/b10-7-,11-8-,19-16-,20-17-,26-24-,29-28-,32-31-,35-34-,38-37-,40-25-,49-46-,58-55-. The summed E-state index contributed by atoms with van der Waals surface area (Å²) in [5.74, 6) is -1.07. The van der Waals surface area contributed by atoms with E-state index in [2.05, 4.69) is 154 Å². The summed E-state index contributed by atoms with van der Waals surface area (Å²) in [5, 5.41) is 0. The van der Waals surface area contributed by atoms with Crippen LogP contribution in [-0.2, 0) is 28.6 Å². The second-order valence-electron chi connectivity index (χ2n) is 18.8. The molecule has 6 heteroatoms. The molecule has 0 radical (unpaired) electrons. The van der Waals surface area contributed by atoms with Gasteiger partial charge in [-0.25, -0.2) is 0 Å². The minimum absolute atomic E-state index is 0.0897. The van der Waals surface area contributed by atoms with Crippen molar-refractivity contribution < 1.29 is 28.6 Å². The van der Waals surface area contributed by atoms with Crippen LogP contribution in [0, 0.1) is 0 Å². The zero-order chi connectivity index (χ0) is 52.9. The fourth-order valence-corrected chi connectivity index (χ4v) is 7.56. The molecular weight excluding hydrogens is 901 g/mol. The van der Waals surface area contributed by atoms with Crippen molar-refractivity contribution in [1.82, 2.24) is 0 Å². The topological polar surface area (TPSA) is 78.9 Å². The lowest BCUT2D eigenvalue weighted by atomic mass is 10.1. The van der Waals surface area contributed by atoms with E-state index in [1.54, 1.807) is 6.08 Å². The van der Waals surface area contributed by atoms with Crippen LogP contribution in [0.2, 0.25) is 0 Å². The highest BCUT2D eigenvalue weighted by Gasteiger charge is 2.19. The molecule has 0 aromatic rings. The summed E-state index contributed by atoms with van der Waals surface area (Å²) in [6.45, 7) is 6.30. The van der Waals surface area contributed by atoms with Gasteiger partial charge in [0.15, 0.2) is 6.10 Å². The molecule has 0 aromatic carbocycles. The van der Waals surface area contributed by atoms with Gasteiger partial charge in [0.05, 0.1) is 6.42 Å². The molecule has 0 heterocycles. The molecule has 73 heavy (non-hydrogen) atoms. The number of hydrogen-bond donors (Lipinski definition) is 0. The molecule has 1 atom stereocenters. The first-order valence-corrected chi connectivity index (χ1v) is 29.3. The van der Waals surface area contributed by atoms with Crippen molar-refractivity contribution >= 4 is 17.9 Å². The Morgan fingerprint density at radius 1 is 0.301 bits per heavy atom. The van der Waals surface area contributed by atoms with E-state index < -0.39 is 12.1 Å². The summed E-state index contributed by atoms with van der Waals surface area (Å²) in [6.07, 6.45) is 85.9. The number of carbonyl (C=O) groups excluding carboxylic acids is 3. The molecule has 0 fully saturated rings. The van der Waals surface area contributed by atoms with E-state index in [0.29, 0.717) is 19.3 Å². The number of esters is 3. The van der Waals surface area contributed by atoms with Crippen LogP contribution < -0.4 is 0 Å². The molecule has 0 spiro atoms. The number of unbranched alkanes of at least 4 members (excludes halogenated alkanes) is 17. The van der Waals surface area contributed by atoms with Gasteiger partial charge < -0.3 is 14.2 Å². The summed E-state index contributed by atoms with van der Waals surface area (Å²) < 4.78 is 16.7. The first kappa shape index (κ1) is 68.3. The summed E-state index contributed by atoms with van der Waals surface area (Å²) in [6, 6.07) is 0. The summed E-state index contributed by atoms with van der Waals surface area (Å²) in [4.78, 5) is 38.0. The minimum Gasteiger partial charge on any atom is -0.462 e. The summed E-state index contributed by atoms with van der Waals surface area (Å²) in [7, 11) is 0. The van der Waals surface area contributed by atoms with Gasteiger partial charge in [-0.15, -0.1) is 0 Å². The number of carbonyl (C=O) groups is 3. The van der Waals surface area contributed by atoms with Gasteiger partial charge >= 0.3 is 17.9 Å². The lowest BCUT2D eigenvalue weighted by Crippen LogP contribution is -2.30. The number of allylic oxidation sites excluding steroid dienone is 23. The fourth-order valence-electron chi connectivity index (χ4n) is 7.56. The maximum absolute atomic E-state index is 12.8. The van der Waals surface area contributed by atoms with Gasteiger partial charge in [0.2, 0.25) is 0 Å². The third kappa shape index (κ3) is 58.1. The number of rotatable bonds is 51. The van der Waals surface area contributed by atoms with Gasteiger partial charge in [0.1, 0.15) is 13.2 Å². The smallest absolute Gasteiger partial charge is 0.310 e. The maximum Gasteiger partial charge on any atom is 0.310 e. The fraction of sp³-hybridized carbons (Fsp3) is 0.597. The Hall–Kier alpha value is -4.71. The Bertz CT molecular complexity index is 1630. The quantitative estimate of drug-likeness (QED) is 0.0261. The van der Waals surface area contributed by atoms with Crippen LogP contribution in [0.3, 0.4) is 0 Å². The van der Waals surface area contributed by atoms with Crippen molar-refractivity contribution in [3.05, 3.63) is 146 Å². The van der Waals surface area contributed by atoms with Gasteiger partial charge in [-0.05, 0) is 103 Å². The SMILES string of the molecule is CC/C=C\C/C=C\C/C=C\C/C=C\C/C=C\C/C=C\C/C=C\CCCCCCCCCC(=O)OCC(COC(=O)CCCCCCCCCCCCC)OC(=O)C/C=C\C/C=C\C/C=C\C/C=C\C/C=C\CC. The Morgan fingerprint density at radius 3 is 0.904 bits per heavy atom. The highest BCUT2D eigenvalue weighted by molar-refractivity contribution is 5.72. The Balaban J connectivity index is 4.38. The van der Waals surface area contributed by atoms with E-state index in [4.69, 9.17) is 14.2 Å². The molecule has 0 saturated heterocycles. The lowest BCUT2D eigenvalue weighted by molar-refractivity contribution is -0.166. The first-order valence-electron chi connectivity index (χ1n) is 29.3. The van der Waals surface area contributed by atoms with Crippen molar-refractivity contribution in [3.8, 4) is 0 Å². The van der Waals surface area contributed by atoms with Crippen LogP contribution in [0.5, 0.6) is 0 Å². The molecule has 0 aliphatic carbocycles. The molecule has 0 aliphatic heterocycles. The van der Waals surface area contributed by atoms with E-state index in [-0.39, 0.29) is 31.6 Å². The second kappa shape index (κ2) is 59.8. The van der Waals surface area contributed by atoms with E-state index in [0.717, 1.165) is 122 Å². The molecule has 0 amide bonds. The summed E-state index contributed by atoms with van der Waals surface area (Å²) >= 11 is 0. The van der Waals surface area contributed by atoms with Crippen LogP contribution in [0.15, 0.2) is 146 Å². The third-order valence-electron chi connectivity index (χ3n) is 11.9. The molecule has 0 rings (SSSR count). The average molecular weight is 1010 g/mol. The molecule has 410 valence electrons. The van der Waals surface area contributed by atoms with Crippen LogP contribution in [-0.4, -0.2) is 37.2 Å². The highest BCUT2D eigenvalue weighted by Crippen LogP contribution is 2.14. The van der Waals surface area contributed by atoms with Gasteiger partial charge in [-0.3, -0.25) is 14.4 Å². The van der Waals surface area contributed by atoms with Crippen LogP contribution in [0.25, 0.3) is 0 Å². The maximum atomic E-state index is 12.8. The molecule has 0 N–H and O–H groups in total. The van der Waals surface area contributed by atoms with Gasteiger partial charge in [0, 0.05) is 12.8 Å². The Morgan fingerprint density at radius 2 is 0.575 bits per heavy atom. The van der Waals surface area contributed by atoms with Crippen molar-refractivity contribution in [3.63, 3.8) is 0 Å². The highest BCUT2D eigenvalue weighted by atomic mass is 16.6. The van der Waals surface area contributed by atoms with Crippen LogP contribution >= 0.6 is 0 Å². The van der Waals surface area contributed by atoms with Crippen molar-refractivity contribution in [2.45, 2.75) is 245 Å². The van der Waals surface area contributed by atoms with E-state index in [1.807, 2.05) is 6.08 Å². The molecule has 6 nitrogen and oxygen atoms in total. The average Bonchev–Trinajstić information content (AvgIpc) is 3.39. The van der Waals surface area contributed by atoms with E-state index in [9.17, 15) is 14.4 Å². The van der Waals surface area contributed by atoms with E-state index in [1.165, 1.54) is 70.6 Å². The van der Waals surface area contributed by atoms with Crippen LogP contribution in [0.4, 0.5) is 0 Å². The molecule has 0 aliphatic rings. The Kier molecular flexibility index (Phi) is 56.0. The van der Waals surface area contributed by atoms with E-state index >= 15 is 0 Å². The normalized spacial score (nSPS) is 13.2.